The van der Waals surface area contributed by atoms with Crippen molar-refractivity contribution in [3.05, 3.63) is 59.2 Å². The Bertz CT molecular complexity index is 915. The van der Waals surface area contributed by atoms with Gasteiger partial charge in [-0.15, -0.1) is 0 Å². The van der Waals surface area contributed by atoms with E-state index in [-0.39, 0.29) is 23.8 Å². The molecule has 1 amide bonds. The molecular weight excluding hydrogens is 319 g/mol. The molecule has 0 aliphatic heterocycles. The topological polar surface area (TPSA) is 59.8 Å². The van der Waals surface area contributed by atoms with E-state index < -0.39 is 0 Å². The molecule has 0 fully saturated rings. The van der Waals surface area contributed by atoms with Gasteiger partial charge in [0.15, 0.2) is 5.65 Å². The lowest BCUT2D eigenvalue weighted by Gasteiger charge is -2.15. The Balaban J connectivity index is 1.86. The van der Waals surface area contributed by atoms with Crippen LogP contribution in [0.15, 0.2) is 36.5 Å². The van der Waals surface area contributed by atoms with E-state index in [1.165, 1.54) is 12.1 Å². The number of halogens is 1. The first-order valence-electron chi connectivity index (χ1n) is 8.28. The van der Waals surface area contributed by atoms with Gasteiger partial charge in [-0.25, -0.2) is 14.1 Å². The van der Waals surface area contributed by atoms with Gasteiger partial charge in [0.1, 0.15) is 5.82 Å². The molecule has 0 aliphatic carbocycles. The molecule has 3 aromatic rings. The zero-order chi connectivity index (χ0) is 18.1. The van der Waals surface area contributed by atoms with Crippen LogP contribution in [0.5, 0.6) is 0 Å². The Labute approximate surface area is 145 Å². The third-order valence-electron chi connectivity index (χ3n) is 4.21. The van der Waals surface area contributed by atoms with Crippen LogP contribution in [0.4, 0.5) is 4.39 Å². The summed E-state index contributed by atoms with van der Waals surface area (Å²) < 4.78 is 14.9. The van der Waals surface area contributed by atoms with Gasteiger partial charge in [-0.2, -0.15) is 5.10 Å². The van der Waals surface area contributed by atoms with E-state index in [2.05, 4.69) is 15.4 Å². The van der Waals surface area contributed by atoms with Gasteiger partial charge >= 0.3 is 0 Å². The zero-order valence-electron chi connectivity index (χ0n) is 14.7. The average Bonchev–Trinajstić information content (AvgIpc) is 2.97. The highest BCUT2D eigenvalue weighted by molar-refractivity contribution is 5.98. The number of hydrogen-bond donors (Lipinski definition) is 1. The first-order valence-corrected chi connectivity index (χ1v) is 8.28. The molecule has 1 aromatic carbocycles. The van der Waals surface area contributed by atoms with Crippen molar-refractivity contribution in [3.63, 3.8) is 0 Å². The molecule has 0 aliphatic rings. The molecule has 2 aromatic heterocycles. The summed E-state index contributed by atoms with van der Waals surface area (Å²) in [6, 6.07) is 7.89. The van der Waals surface area contributed by atoms with Crippen molar-refractivity contribution < 1.29 is 9.18 Å². The summed E-state index contributed by atoms with van der Waals surface area (Å²) in [5.41, 5.74) is 2.79. The van der Waals surface area contributed by atoms with Crippen LogP contribution in [-0.2, 0) is 0 Å². The van der Waals surface area contributed by atoms with Crippen LogP contribution in [0.25, 0.3) is 11.0 Å². The number of rotatable bonds is 4. The maximum absolute atomic E-state index is 13.0. The number of hydrogen-bond acceptors (Lipinski definition) is 3. The van der Waals surface area contributed by atoms with Crippen LogP contribution < -0.4 is 5.32 Å². The molecule has 0 unspecified atom stereocenters. The van der Waals surface area contributed by atoms with Crippen molar-refractivity contribution in [2.75, 3.05) is 0 Å². The first-order chi connectivity index (χ1) is 11.9. The van der Waals surface area contributed by atoms with Crippen LogP contribution in [0.3, 0.4) is 0 Å². The molecule has 0 spiro atoms. The highest BCUT2D eigenvalue weighted by Gasteiger charge is 2.17. The van der Waals surface area contributed by atoms with Crippen molar-refractivity contribution in [1.82, 2.24) is 20.1 Å². The third-order valence-corrected chi connectivity index (χ3v) is 4.21. The zero-order valence-corrected chi connectivity index (χ0v) is 14.7. The number of benzene rings is 1. The Morgan fingerprint density at radius 1 is 1.20 bits per heavy atom. The van der Waals surface area contributed by atoms with Gasteiger partial charge in [0.25, 0.3) is 5.91 Å². The first kappa shape index (κ1) is 17.1. The molecule has 1 atom stereocenters. The molecule has 130 valence electrons. The maximum Gasteiger partial charge on any atom is 0.253 e. The van der Waals surface area contributed by atoms with Gasteiger partial charge in [0.2, 0.25) is 0 Å². The van der Waals surface area contributed by atoms with Crippen molar-refractivity contribution >= 4 is 16.9 Å². The molecule has 3 rings (SSSR count). The van der Waals surface area contributed by atoms with Gasteiger partial charge in [-0.05, 0) is 51.5 Å². The Morgan fingerprint density at radius 2 is 1.88 bits per heavy atom. The van der Waals surface area contributed by atoms with Gasteiger partial charge in [0, 0.05) is 11.4 Å². The van der Waals surface area contributed by atoms with Gasteiger partial charge in [0.05, 0.1) is 23.5 Å². The number of amides is 1. The van der Waals surface area contributed by atoms with E-state index >= 15 is 0 Å². The fourth-order valence-electron chi connectivity index (χ4n) is 2.78. The van der Waals surface area contributed by atoms with Crippen molar-refractivity contribution in [3.8, 4) is 0 Å². The largest absolute Gasteiger partial charge is 0.345 e. The predicted octanol–water partition coefficient (Wildman–Crippen LogP) is 3.95. The molecular formula is C19H21FN4O. The lowest BCUT2D eigenvalue weighted by molar-refractivity contribution is 0.0939. The van der Waals surface area contributed by atoms with Crippen LogP contribution in [0, 0.1) is 12.7 Å². The quantitative estimate of drug-likeness (QED) is 0.782. The smallest absolute Gasteiger partial charge is 0.253 e. The molecule has 0 bridgehead atoms. The number of fused-ring (bicyclic) bond motifs is 1. The molecule has 0 saturated carbocycles. The monoisotopic (exact) mass is 340 g/mol. The summed E-state index contributed by atoms with van der Waals surface area (Å²) in [6.45, 7) is 7.75. The molecule has 0 saturated heterocycles. The molecule has 0 radical (unpaired) electrons. The summed E-state index contributed by atoms with van der Waals surface area (Å²) in [4.78, 5) is 17.2. The van der Waals surface area contributed by atoms with Crippen LogP contribution in [-0.4, -0.2) is 20.7 Å². The van der Waals surface area contributed by atoms with E-state index in [9.17, 15) is 9.18 Å². The van der Waals surface area contributed by atoms with Gasteiger partial charge in [-0.3, -0.25) is 4.79 Å². The lowest BCUT2D eigenvalue weighted by atomic mass is 10.1. The maximum atomic E-state index is 13.0. The minimum atomic E-state index is -0.296. The normalized spacial score (nSPS) is 12.6. The fraction of sp³-hybridized carbons (Fsp3) is 0.316. The number of nitrogens with one attached hydrogen (secondary N) is 1. The van der Waals surface area contributed by atoms with Crippen LogP contribution >= 0.6 is 0 Å². The van der Waals surface area contributed by atoms with E-state index in [0.717, 1.165) is 16.6 Å². The van der Waals surface area contributed by atoms with E-state index in [1.807, 2.05) is 38.4 Å². The lowest BCUT2D eigenvalue weighted by Crippen LogP contribution is -2.27. The number of pyridine rings is 1. The highest BCUT2D eigenvalue weighted by atomic mass is 19.1. The molecule has 25 heavy (non-hydrogen) atoms. The minimum absolute atomic E-state index is 0.197. The molecule has 6 heteroatoms. The molecule has 2 heterocycles. The summed E-state index contributed by atoms with van der Waals surface area (Å²) in [5.74, 6) is -0.504. The fourth-order valence-corrected chi connectivity index (χ4v) is 2.78. The van der Waals surface area contributed by atoms with Gasteiger partial charge < -0.3 is 5.32 Å². The Kier molecular flexibility index (Phi) is 4.53. The van der Waals surface area contributed by atoms with Crippen LogP contribution in [0.2, 0.25) is 0 Å². The van der Waals surface area contributed by atoms with E-state index in [1.54, 1.807) is 18.3 Å². The van der Waals surface area contributed by atoms with Gasteiger partial charge in [-0.1, -0.05) is 12.1 Å². The minimum Gasteiger partial charge on any atom is -0.345 e. The number of nitrogens with zero attached hydrogens (tertiary/aromatic N) is 3. The van der Waals surface area contributed by atoms with Crippen molar-refractivity contribution in [2.24, 2.45) is 0 Å². The summed E-state index contributed by atoms with van der Waals surface area (Å²) in [5, 5.41) is 8.11. The summed E-state index contributed by atoms with van der Waals surface area (Å²) in [6.07, 6.45) is 1.72. The highest BCUT2D eigenvalue weighted by Crippen LogP contribution is 2.20. The SMILES string of the molecule is Cc1nc2c(cnn2C(C)C)cc1C(=O)N[C@@H](C)c1ccc(F)cc1. The number of carbonyl (C=O) groups excluding carboxylic acids is 1. The average molecular weight is 340 g/mol. The predicted molar refractivity (Wildman–Crippen MR) is 94.9 cm³/mol. The summed E-state index contributed by atoms with van der Waals surface area (Å²) in [7, 11) is 0. The molecule has 5 nitrogen and oxygen atoms in total. The van der Waals surface area contributed by atoms with E-state index in [0.29, 0.717) is 11.3 Å². The Morgan fingerprint density at radius 3 is 2.52 bits per heavy atom. The Hall–Kier alpha value is -2.76. The van der Waals surface area contributed by atoms with Crippen molar-refractivity contribution in [2.45, 2.75) is 39.8 Å². The number of aromatic nitrogens is 3. The molecule has 1 N–H and O–H groups in total. The standard InChI is InChI=1S/C19H21FN4O/c1-11(2)24-18-15(10-21-24)9-17(13(4)22-18)19(25)23-12(3)14-5-7-16(20)8-6-14/h5-12H,1-4H3,(H,23,25)/t12-/m0/s1. The second kappa shape index (κ2) is 6.63. The van der Waals surface area contributed by atoms with Crippen molar-refractivity contribution in [1.29, 1.82) is 0 Å². The van der Waals surface area contributed by atoms with E-state index in [4.69, 9.17) is 0 Å². The number of carbonyl (C=O) groups is 1. The van der Waals surface area contributed by atoms with Crippen LogP contribution in [0.1, 0.15) is 54.5 Å². The second-order valence-corrected chi connectivity index (χ2v) is 6.46. The number of aryl methyl sites for hydroxylation is 1. The summed E-state index contributed by atoms with van der Waals surface area (Å²) >= 11 is 0. The third kappa shape index (κ3) is 3.38. The second-order valence-electron chi connectivity index (χ2n) is 6.46.